The number of aromatic nitrogens is 1. The second kappa shape index (κ2) is 8.57. The zero-order valence-electron chi connectivity index (χ0n) is 17.2. The molecule has 156 valence electrons. The lowest BCUT2D eigenvalue weighted by atomic mass is 10.0. The van der Waals surface area contributed by atoms with Crippen LogP contribution < -0.4 is 15.7 Å². The zero-order chi connectivity index (χ0) is 21.1. The maximum Gasteiger partial charge on any atom is 0.348 e. The average Bonchev–Trinajstić information content (AvgIpc) is 3.28. The zero-order valence-corrected chi connectivity index (χ0v) is 17.2. The summed E-state index contributed by atoms with van der Waals surface area (Å²) in [7, 11) is 1.62. The van der Waals surface area contributed by atoms with Crippen LogP contribution in [-0.2, 0) is 11.2 Å². The summed E-state index contributed by atoms with van der Waals surface area (Å²) in [6.07, 6.45) is 2.45. The van der Waals surface area contributed by atoms with Gasteiger partial charge < -0.3 is 19.4 Å². The Kier molecular flexibility index (Phi) is 5.70. The number of benzene rings is 2. The van der Waals surface area contributed by atoms with Gasteiger partial charge in [-0.25, -0.2) is 4.79 Å². The first-order valence-electron chi connectivity index (χ1n) is 10.1. The lowest BCUT2D eigenvalue weighted by Crippen LogP contribution is -2.43. The molecule has 2 heterocycles. The molecule has 1 amide bonds. The third-order valence-electron chi connectivity index (χ3n) is 5.48. The van der Waals surface area contributed by atoms with Crippen molar-refractivity contribution in [1.29, 1.82) is 0 Å². The number of methoxy groups -OCH3 is 1. The molecule has 0 saturated carbocycles. The summed E-state index contributed by atoms with van der Waals surface area (Å²) in [6.45, 7) is 3.33. The number of fused-ring (bicyclic) bond motifs is 1. The molecule has 30 heavy (non-hydrogen) atoms. The Bertz CT molecular complexity index is 1100. The van der Waals surface area contributed by atoms with Gasteiger partial charge in [-0.05, 0) is 49.1 Å². The van der Waals surface area contributed by atoms with Gasteiger partial charge in [0.05, 0.1) is 18.0 Å². The summed E-state index contributed by atoms with van der Waals surface area (Å²) in [4.78, 5) is 32.0. The van der Waals surface area contributed by atoms with Crippen LogP contribution in [0.4, 0.5) is 6.01 Å². The van der Waals surface area contributed by atoms with Crippen molar-refractivity contribution in [2.45, 2.75) is 32.2 Å². The highest BCUT2D eigenvalue weighted by Crippen LogP contribution is 2.19. The van der Waals surface area contributed by atoms with E-state index in [0.717, 1.165) is 42.8 Å². The molecule has 1 N–H and O–H groups in total. The molecular formula is C23H25N3O4. The number of amides is 1. The Morgan fingerprint density at radius 1 is 1.20 bits per heavy atom. The van der Waals surface area contributed by atoms with Gasteiger partial charge in [0.1, 0.15) is 11.8 Å². The second-order valence-electron chi connectivity index (χ2n) is 7.56. The number of aryl methyl sites for hydroxylation is 1. The Hall–Kier alpha value is -3.35. The smallest absolute Gasteiger partial charge is 0.348 e. The fraction of sp³-hybridized carbons (Fsp3) is 0.348. The van der Waals surface area contributed by atoms with Gasteiger partial charge in [-0.15, -0.1) is 0 Å². The van der Waals surface area contributed by atoms with Gasteiger partial charge in [0, 0.05) is 19.5 Å². The molecule has 1 aliphatic rings. The van der Waals surface area contributed by atoms with Crippen molar-refractivity contribution in [1.82, 2.24) is 9.88 Å². The highest BCUT2D eigenvalue weighted by Gasteiger charge is 2.28. The summed E-state index contributed by atoms with van der Waals surface area (Å²) in [5.74, 6) is 0.740. The van der Waals surface area contributed by atoms with Gasteiger partial charge in [-0.1, -0.05) is 24.3 Å². The normalized spacial score (nSPS) is 14.7. The number of likely N-dealkylation sites (tertiary alicyclic amines) is 1. The van der Waals surface area contributed by atoms with E-state index in [4.69, 9.17) is 9.15 Å². The van der Waals surface area contributed by atoms with Crippen LogP contribution in [0.3, 0.4) is 0 Å². The van der Waals surface area contributed by atoms with E-state index in [1.54, 1.807) is 13.2 Å². The predicted molar refractivity (Wildman–Crippen MR) is 115 cm³/mol. The van der Waals surface area contributed by atoms with Crippen molar-refractivity contribution < 1.29 is 13.9 Å². The molecule has 1 saturated heterocycles. The molecule has 0 unspecified atom stereocenters. The molecule has 7 heteroatoms. The minimum Gasteiger partial charge on any atom is -0.497 e. The molecule has 1 fully saturated rings. The molecular weight excluding hydrogens is 382 g/mol. The van der Waals surface area contributed by atoms with E-state index in [1.807, 2.05) is 48.2 Å². The number of anilines is 1. The number of carbonyl (C=O) groups is 1. The number of nitrogens with one attached hydrogen (secondary N) is 1. The Balaban J connectivity index is 1.64. The first-order valence-corrected chi connectivity index (χ1v) is 10.1. The van der Waals surface area contributed by atoms with Gasteiger partial charge in [0.15, 0.2) is 0 Å². The number of ether oxygens (including phenoxy) is 1. The average molecular weight is 407 g/mol. The van der Waals surface area contributed by atoms with Gasteiger partial charge in [0.2, 0.25) is 5.91 Å². The second-order valence-corrected chi connectivity index (χ2v) is 7.56. The van der Waals surface area contributed by atoms with Crippen molar-refractivity contribution in [3.8, 4) is 5.75 Å². The highest BCUT2D eigenvalue weighted by molar-refractivity contribution is 5.85. The molecule has 1 aliphatic heterocycles. The molecule has 1 aromatic heterocycles. The van der Waals surface area contributed by atoms with Crippen LogP contribution in [0.1, 0.15) is 24.0 Å². The van der Waals surface area contributed by atoms with E-state index in [9.17, 15) is 9.59 Å². The highest BCUT2D eigenvalue weighted by atomic mass is 16.5. The van der Waals surface area contributed by atoms with E-state index in [-0.39, 0.29) is 11.9 Å². The standard InChI is InChI=1S/C23H25N3O4/c1-15-6-5-7-18-20(15)22(28)30-23(24-18)25-19(21(27)26-12-3-4-13-26)14-16-8-10-17(29-2)11-9-16/h5-11,19H,3-4,12-14H2,1-2H3,(H,24,25)/t19-/m0/s1. The van der Waals surface area contributed by atoms with E-state index < -0.39 is 11.7 Å². The number of rotatable bonds is 6. The van der Waals surface area contributed by atoms with Crippen molar-refractivity contribution in [3.05, 3.63) is 64.0 Å². The van der Waals surface area contributed by atoms with Crippen molar-refractivity contribution in [2.24, 2.45) is 0 Å². The summed E-state index contributed by atoms with van der Waals surface area (Å²) in [5.41, 5.74) is 1.87. The van der Waals surface area contributed by atoms with Crippen LogP contribution >= 0.6 is 0 Å². The molecule has 4 rings (SSSR count). The Morgan fingerprint density at radius 3 is 2.63 bits per heavy atom. The van der Waals surface area contributed by atoms with Crippen molar-refractivity contribution in [2.75, 3.05) is 25.5 Å². The maximum absolute atomic E-state index is 13.2. The third kappa shape index (κ3) is 4.15. The first-order chi connectivity index (χ1) is 14.5. The first kappa shape index (κ1) is 19.9. The number of carbonyl (C=O) groups excluding carboxylic acids is 1. The molecule has 0 spiro atoms. The summed E-state index contributed by atoms with van der Waals surface area (Å²) in [6, 6.07) is 12.5. The number of hydrogen-bond donors (Lipinski definition) is 1. The van der Waals surface area contributed by atoms with Gasteiger partial charge in [0.25, 0.3) is 6.01 Å². The number of nitrogens with zero attached hydrogens (tertiary/aromatic N) is 2. The molecule has 2 aromatic carbocycles. The van der Waals surface area contributed by atoms with E-state index in [0.29, 0.717) is 17.3 Å². The quantitative estimate of drug-likeness (QED) is 0.676. The molecule has 3 aromatic rings. The van der Waals surface area contributed by atoms with Crippen LogP contribution in [0.25, 0.3) is 10.9 Å². The number of hydrogen-bond acceptors (Lipinski definition) is 6. The summed E-state index contributed by atoms with van der Waals surface area (Å²) in [5, 5.41) is 3.54. The fourth-order valence-corrected chi connectivity index (χ4v) is 3.85. The van der Waals surface area contributed by atoms with Crippen LogP contribution in [0.5, 0.6) is 5.75 Å². The largest absolute Gasteiger partial charge is 0.497 e. The van der Waals surface area contributed by atoms with Crippen LogP contribution in [-0.4, -0.2) is 42.0 Å². The monoisotopic (exact) mass is 407 g/mol. The molecule has 0 radical (unpaired) electrons. The summed E-state index contributed by atoms with van der Waals surface area (Å²) >= 11 is 0. The third-order valence-corrected chi connectivity index (χ3v) is 5.48. The van der Waals surface area contributed by atoms with Crippen molar-refractivity contribution >= 4 is 22.8 Å². The van der Waals surface area contributed by atoms with Gasteiger partial charge in [-0.3, -0.25) is 4.79 Å². The lowest BCUT2D eigenvalue weighted by molar-refractivity contribution is -0.131. The lowest BCUT2D eigenvalue weighted by Gasteiger charge is -2.24. The fourth-order valence-electron chi connectivity index (χ4n) is 3.85. The Morgan fingerprint density at radius 2 is 1.93 bits per heavy atom. The minimum atomic E-state index is -0.589. The van der Waals surface area contributed by atoms with E-state index in [1.165, 1.54) is 0 Å². The van der Waals surface area contributed by atoms with Gasteiger partial charge >= 0.3 is 5.63 Å². The van der Waals surface area contributed by atoms with Gasteiger partial charge in [-0.2, -0.15) is 4.98 Å². The van der Waals surface area contributed by atoms with Crippen LogP contribution in [0, 0.1) is 6.92 Å². The van der Waals surface area contributed by atoms with E-state index in [2.05, 4.69) is 10.3 Å². The molecule has 0 aliphatic carbocycles. The van der Waals surface area contributed by atoms with E-state index >= 15 is 0 Å². The SMILES string of the molecule is COc1ccc(C[C@H](Nc2nc3cccc(C)c3c(=O)o2)C(=O)N2CCCC2)cc1. The Labute approximate surface area is 174 Å². The van der Waals surface area contributed by atoms with Crippen molar-refractivity contribution in [3.63, 3.8) is 0 Å². The molecule has 0 bridgehead atoms. The molecule has 7 nitrogen and oxygen atoms in total. The predicted octanol–water partition coefficient (Wildman–Crippen LogP) is 3.15. The van der Waals surface area contributed by atoms with Crippen LogP contribution in [0.15, 0.2) is 51.7 Å². The maximum atomic E-state index is 13.2. The molecule has 1 atom stereocenters. The summed E-state index contributed by atoms with van der Waals surface area (Å²) < 4.78 is 10.6. The topological polar surface area (TPSA) is 84.7 Å². The van der Waals surface area contributed by atoms with Crippen LogP contribution in [0.2, 0.25) is 0 Å². The minimum absolute atomic E-state index is 0.0166.